The van der Waals surface area contributed by atoms with Crippen molar-refractivity contribution in [3.63, 3.8) is 0 Å². The van der Waals surface area contributed by atoms with Gasteiger partial charge in [-0.2, -0.15) is 0 Å². The van der Waals surface area contributed by atoms with Crippen LogP contribution in [0.15, 0.2) is 29.6 Å². The highest BCUT2D eigenvalue weighted by Crippen LogP contribution is 2.23. The van der Waals surface area contributed by atoms with E-state index in [0.717, 1.165) is 29.1 Å². The van der Waals surface area contributed by atoms with Gasteiger partial charge >= 0.3 is 0 Å². The van der Waals surface area contributed by atoms with E-state index in [0.29, 0.717) is 12.6 Å². The van der Waals surface area contributed by atoms with Gasteiger partial charge in [-0.25, -0.2) is 9.37 Å². The zero-order valence-corrected chi connectivity index (χ0v) is 12.3. The Balaban J connectivity index is 1.90. The molecule has 3 nitrogen and oxygen atoms in total. The maximum atomic E-state index is 12.9. The molecule has 0 amide bonds. The Bertz CT molecular complexity index is 527. The first-order valence-corrected chi connectivity index (χ1v) is 7.61. The molecule has 108 valence electrons. The molecule has 0 radical (unpaired) electrons. The van der Waals surface area contributed by atoms with Crippen molar-refractivity contribution in [3.05, 3.63) is 41.2 Å². The summed E-state index contributed by atoms with van der Waals surface area (Å²) in [6, 6.07) is 6.75. The molecule has 2 aromatic rings. The van der Waals surface area contributed by atoms with Crippen LogP contribution in [0.25, 0.3) is 10.6 Å². The lowest BCUT2D eigenvalue weighted by Crippen LogP contribution is -2.25. The summed E-state index contributed by atoms with van der Waals surface area (Å²) >= 11 is 1.56. The first-order chi connectivity index (χ1) is 9.69. The van der Waals surface area contributed by atoms with Crippen molar-refractivity contribution in [2.75, 3.05) is 6.61 Å². The number of thiazole rings is 1. The number of aliphatic hydroxyl groups is 1. The lowest BCUT2D eigenvalue weighted by atomic mass is 10.2. The van der Waals surface area contributed by atoms with Gasteiger partial charge in [0, 0.05) is 30.1 Å². The minimum absolute atomic E-state index is 0.232. The van der Waals surface area contributed by atoms with Gasteiger partial charge in [0.25, 0.3) is 0 Å². The molecule has 0 aliphatic heterocycles. The van der Waals surface area contributed by atoms with Crippen molar-refractivity contribution in [3.8, 4) is 10.6 Å². The van der Waals surface area contributed by atoms with E-state index >= 15 is 0 Å². The van der Waals surface area contributed by atoms with Gasteiger partial charge in [-0.3, -0.25) is 0 Å². The van der Waals surface area contributed by atoms with Crippen LogP contribution in [0.2, 0.25) is 0 Å². The van der Waals surface area contributed by atoms with Crippen LogP contribution in [-0.4, -0.2) is 22.7 Å². The van der Waals surface area contributed by atoms with Crippen molar-refractivity contribution in [1.29, 1.82) is 0 Å². The van der Waals surface area contributed by atoms with Gasteiger partial charge in [-0.15, -0.1) is 11.3 Å². The predicted molar refractivity (Wildman–Crippen MR) is 80.1 cm³/mol. The molecule has 0 spiro atoms. The second-order valence-electron chi connectivity index (χ2n) is 4.80. The van der Waals surface area contributed by atoms with E-state index in [4.69, 9.17) is 5.11 Å². The smallest absolute Gasteiger partial charge is 0.123 e. The van der Waals surface area contributed by atoms with Gasteiger partial charge in [0.1, 0.15) is 10.8 Å². The molecule has 0 aliphatic carbocycles. The third-order valence-corrected chi connectivity index (χ3v) is 4.01. The van der Waals surface area contributed by atoms with Crippen LogP contribution in [0.4, 0.5) is 4.39 Å². The van der Waals surface area contributed by atoms with Crippen molar-refractivity contribution in [1.82, 2.24) is 10.3 Å². The lowest BCUT2D eigenvalue weighted by molar-refractivity contribution is 0.276. The van der Waals surface area contributed by atoms with Crippen molar-refractivity contribution in [2.45, 2.75) is 32.4 Å². The molecule has 1 atom stereocenters. The van der Waals surface area contributed by atoms with Crippen LogP contribution in [0.5, 0.6) is 0 Å². The van der Waals surface area contributed by atoms with Crippen LogP contribution in [-0.2, 0) is 6.54 Å². The summed E-state index contributed by atoms with van der Waals surface area (Å²) in [7, 11) is 0. The number of aliphatic hydroxyl groups excluding tert-OH is 1. The first-order valence-electron chi connectivity index (χ1n) is 6.73. The number of benzene rings is 1. The molecule has 1 unspecified atom stereocenters. The molecule has 0 bridgehead atoms. The lowest BCUT2D eigenvalue weighted by Gasteiger charge is -2.11. The molecule has 2 rings (SSSR count). The molecular weight excluding hydrogens is 275 g/mol. The molecule has 1 heterocycles. The highest BCUT2D eigenvalue weighted by molar-refractivity contribution is 7.13. The third-order valence-electron chi connectivity index (χ3n) is 3.07. The fourth-order valence-electron chi connectivity index (χ4n) is 1.89. The third kappa shape index (κ3) is 4.37. The normalized spacial score (nSPS) is 12.6. The minimum atomic E-state index is -0.232. The van der Waals surface area contributed by atoms with Crippen molar-refractivity contribution in [2.24, 2.45) is 0 Å². The highest BCUT2D eigenvalue weighted by atomic mass is 32.1. The van der Waals surface area contributed by atoms with E-state index in [1.54, 1.807) is 23.5 Å². The van der Waals surface area contributed by atoms with Crippen LogP contribution in [0, 0.1) is 5.82 Å². The van der Waals surface area contributed by atoms with Crippen LogP contribution < -0.4 is 5.32 Å². The zero-order valence-electron chi connectivity index (χ0n) is 11.5. The van der Waals surface area contributed by atoms with Crippen molar-refractivity contribution < 1.29 is 9.50 Å². The van der Waals surface area contributed by atoms with Crippen LogP contribution in [0.1, 0.15) is 25.5 Å². The number of hydrogen-bond acceptors (Lipinski definition) is 4. The number of nitrogens with zero attached hydrogens (tertiary/aromatic N) is 1. The molecule has 20 heavy (non-hydrogen) atoms. The van der Waals surface area contributed by atoms with Crippen LogP contribution in [0.3, 0.4) is 0 Å². The average molecular weight is 294 g/mol. The summed E-state index contributed by atoms with van der Waals surface area (Å²) in [5.41, 5.74) is 1.93. The van der Waals surface area contributed by atoms with E-state index in [1.165, 1.54) is 12.1 Å². The summed E-state index contributed by atoms with van der Waals surface area (Å²) in [6.45, 7) is 3.05. The number of rotatable bonds is 7. The summed E-state index contributed by atoms with van der Waals surface area (Å²) in [5.74, 6) is -0.232. The number of aromatic nitrogens is 1. The molecule has 1 aromatic heterocycles. The molecule has 0 saturated carbocycles. The summed E-state index contributed by atoms with van der Waals surface area (Å²) in [6.07, 6.45) is 1.76. The SMILES string of the molecule is CC(CCCO)NCc1csc(-c2ccc(F)cc2)n1. The summed E-state index contributed by atoms with van der Waals surface area (Å²) in [4.78, 5) is 4.55. The standard InChI is InChI=1S/C15H19FN2OS/c1-11(3-2-8-19)17-9-14-10-20-15(18-14)12-4-6-13(16)7-5-12/h4-7,10-11,17,19H,2-3,8-9H2,1H3. The average Bonchev–Trinajstić information content (AvgIpc) is 2.92. The van der Waals surface area contributed by atoms with Gasteiger partial charge in [-0.1, -0.05) is 0 Å². The van der Waals surface area contributed by atoms with Gasteiger partial charge in [0.15, 0.2) is 0 Å². The van der Waals surface area contributed by atoms with E-state index in [1.807, 2.05) is 5.38 Å². The second kappa shape index (κ2) is 7.47. The molecule has 0 saturated heterocycles. The first kappa shape index (κ1) is 15.1. The van der Waals surface area contributed by atoms with Gasteiger partial charge in [0.05, 0.1) is 5.69 Å². The zero-order chi connectivity index (χ0) is 14.4. The van der Waals surface area contributed by atoms with E-state index < -0.39 is 0 Å². The van der Waals surface area contributed by atoms with Gasteiger partial charge in [0.2, 0.25) is 0 Å². The Morgan fingerprint density at radius 2 is 2.10 bits per heavy atom. The van der Waals surface area contributed by atoms with Crippen molar-refractivity contribution >= 4 is 11.3 Å². The minimum Gasteiger partial charge on any atom is -0.396 e. The summed E-state index contributed by atoms with van der Waals surface area (Å²) in [5, 5.41) is 15.1. The molecule has 1 aromatic carbocycles. The molecule has 5 heteroatoms. The second-order valence-corrected chi connectivity index (χ2v) is 5.66. The monoisotopic (exact) mass is 294 g/mol. The quantitative estimate of drug-likeness (QED) is 0.824. The summed E-state index contributed by atoms with van der Waals surface area (Å²) < 4.78 is 12.9. The van der Waals surface area contributed by atoms with E-state index in [9.17, 15) is 4.39 Å². The number of hydrogen-bond donors (Lipinski definition) is 2. The van der Waals surface area contributed by atoms with Gasteiger partial charge < -0.3 is 10.4 Å². The Kier molecular flexibility index (Phi) is 5.64. The Morgan fingerprint density at radius 1 is 1.35 bits per heavy atom. The molecular formula is C15H19FN2OS. The maximum Gasteiger partial charge on any atom is 0.123 e. The number of halogens is 1. The Hall–Kier alpha value is -1.30. The Labute approximate surface area is 122 Å². The van der Waals surface area contributed by atoms with E-state index in [-0.39, 0.29) is 12.4 Å². The fourth-order valence-corrected chi connectivity index (χ4v) is 2.72. The topological polar surface area (TPSA) is 45.1 Å². The molecule has 0 fully saturated rings. The maximum absolute atomic E-state index is 12.9. The Morgan fingerprint density at radius 3 is 2.80 bits per heavy atom. The predicted octanol–water partition coefficient (Wildman–Crippen LogP) is 3.20. The molecule has 0 aliphatic rings. The fraction of sp³-hybridized carbons (Fsp3) is 0.400. The highest BCUT2D eigenvalue weighted by Gasteiger charge is 2.06. The largest absolute Gasteiger partial charge is 0.396 e. The van der Waals surface area contributed by atoms with Crippen LogP contribution >= 0.6 is 11.3 Å². The van der Waals surface area contributed by atoms with Gasteiger partial charge in [-0.05, 0) is 44.0 Å². The van der Waals surface area contributed by atoms with E-state index in [2.05, 4.69) is 17.2 Å². The molecule has 2 N–H and O–H groups in total. The number of nitrogens with one attached hydrogen (secondary N) is 1.